The van der Waals surface area contributed by atoms with Crippen molar-refractivity contribution in [2.45, 2.75) is 64.8 Å². The van der Waals surface area contributed by atoms with Crippen LogP contribution in [-0.4, -0.2) is 78.5 Å². The van der Waals surface area contributed by atoms with Gasteiger partial charge in [0.1, 0.15) is 11.7 Å². The van der Waals surface area contributed by atoms with Crippen molar-refractivity contribution in [3.63, 3.8) is 0 Å². The molecule has 0 amide bonds. The molecule has 9 heteroatoms. The van der Waals surface area contributed by atoms with Gasteiger partial charge in [-0.15, -0.1) is 0 Å². The van der Waals surface area contributed by atoms with Crippen LogP contribution in [-0.2, 0) is 33.4 Å². The van der Waals surface area contributed by atoms with Crippen molar-refractivity contribution in [2.24, 2.45) is 5.92 Å². The fourth-order valence-electron chi connectivity index (χ4n) is 5.16. The Morgan fingerprint density at radius 3 is 2.31 bits per heavy atom. The summed E-state index contributed by atoms with van der Waals surface area (Å²) in [4.78, 5) is 56.8. The molecule has 0 aromatic carbocycles. The van der Waals surface area contributed by atoms with Crippen molar-refractivity contribution in [1.29, 1.82) is 0 Å². The average molecular weight is 451 g/mol. The molecule has 1 saturated heterocycles. The van der Waals surface area contributed by atoms with E-state index in [1.54, 1.807) is 20.8 Å². The van der Waals surface area contributed by atoms with Crippen molar-refractivity contribution in [2.75, 3.05) is 39.5 Å². The van der Waals surface area contributed by atoms with Crippen LogP contribution in [0.2, 0.25) is 0 Å². The van der Waals surface area contributed by atoms with Gasteiger partial charge in [-0.1, -0.05) is 0 Å². The van der Waals surface area contributed by atoms with Crippen LogP contribution in [0.3, 0.4) is 0 Å². The summed E-state index contributed by atoms with van der Waals surface area (Å²) in [6, 6.07) is 0. The fourth-order valence-corrected chi connectivity index (χ4v) is 5.16. The third-order valence-electron chi connectivity index (χ3n) is 6.44. The lowest BCUT2D eigenvalue weighted by atomic mass is 9.72. The minimum absolute atomic E-state index is 0.0884. The monoisotopic (exact) mass is 450 g/mol. The largest absolute Gasteiger partial charge is 0.466 e. The molecule has 0 N–H and O–H groups in total. The van der Waals surface area contributed by atoms with Crippen LogP contribution in [0.1, 0.15) is 59.3 Å². The summed E-state index contributed by atoms with van der Waals surface area (Å²) < 4.78 is 15.9. The highest BCUT2D eigenvalue weighted by Gasteiger charge is 2.61. The first-order chi connectivity index (χ1) is 15.4. The second-order valence-electron chi connectivity index (χ2n) is 8.31. The third kappa shape index (κ3) is 4.34. The van der Waals surface area contributed by atoms with E-state index in [9.17, 15) is 19.2 Å². The summed E-state index contributed by atoms with van der Waals surface area (Å²) in [6.45, 7) is 7.39. The lowest BCUT2D eigenvalue weighted by Crippen LogP contribution is -2.68. The first-order valence-corrected chi connectivity index (χ1v) is 11.7. The second kappa shape index (κ2) is 10.4. The number of ether oxygens (including phenoxy) is 3. The minimum Gasteiger partial charge on any atom is -0.466 e. The van der Waals surface area contributed by atoms with Gasteiger partial charge >= 0.3 is 17.9 Å². The maximum atomic E-state index is 13.6. The molecule has 0 spiro atoms. The van der Waals surface area contributed by atoms with Crippen molar-refractivity contribution in [3.8, 4) is 0 Å². The molecular weight excluding hydrogens is 416 g/mol. The number of allylic oxidation sites excluding steroid dienone is 1. The van der Waals surface area contributed by atoms with Gasteiger partial charge in [0.15, 0.2) is 11.3 Å². The lowest BCUT2D eigenvalue weighted by Gasteiger charge is -2.54. The summed E-state index contributed by atoms with van der Waals surface area (Å²) in [5.74, 6) is -2.66. The summed E-state index contributed by atoms with van der Waals surface area (Å²) in [7, 11) is 0. The van der Waals surface area contributed by atoms with E-state index < -0.39 is 29.4 Å². The Balaban J connectivity index is 2.17. The molecule has 3 heterocycles. The molecule has 2 unspecified atom stereocenters. The standard InChI is InChI=1S/C23H34N2O7/c1-4-30-19(27)14-17(21(28)31-5-2)23(22(29)32-6-3)15-18(26)16-10-7-8-11-24-12-9-13-25(23)20(16)24/h17H,4-15H2,1-3H3. The molecule has 3 aliphatic heterocycles. The van der Waals surface area contributed by atoms with Gasteiger partial charge in [-0.2, -0.15) is 0 Å². The fraction of sp³-hybridized carbons (Fsp3) is 0.739. The molecule has 0 saturated carbocycles. The van der Waals surface area contributed by atoms with E-state index in [1.807, 2.05) is 4.90 Å². The quantitative estimate of drug-likeness (QED) is 0.404. The molecule has 1 fully saturated rings. The van der Waals surface area contributed by atoms with Crippen molar-refractivity contribution < 1.29 is 33.4 Å². The van der Waals surface area contributed by atoms with Gasteiger partial charge < -0.3 is 24.0 Å². The number of rotatable bonds is 8. The first kappa shape index (κ1) is 24.1. The van der Waals surface area contributed by atoms with E-state index in [0.717, 1.165) is 38.2 Å². The molecule has 3 rings (SSSR count). The van der Waals surface area contributed by atoms with Crippen molar-refractivity contribution in [1.82, 2.24) is 9.80 Å². The maximum Gasteiger partial charge on any atom is 0.333 e. The van der Waals surface area contributed by atoms with E-state index in [4.69, 9.17) is 14.2 Å². The smallest absolute Gasteiger partial charge is 0.333 e. The predicted octanol–water partition coefficient (Wildman–Crippen LogP) is 1.80. The van der Waals surface area contributed by atoms with Crippen LogP contribution in [0.5, 0.6) is 0 Å². The number of esters is 3. The number of nitrogens with zero attached hydrogens (tertiary/aromatic N) is 2. The molecule has 32 heavy (non-hydrogen) atoms. The highest BCUT2D eigenvalue weighted by Crippen LogP contribution is 2.46. The molecule has 0 aromatic heterocycles. The summed E-state index contributed by atoms with van der Waals surface area (Å²) in [5.41, 5.74) is -0.936. The van der Waals surface area contributed by atoms with Gasteiger partial charge in [-0.3, -0.25) is 14.4 Å². The Kier molecular flexibility index (Phi) is 7.79. The van der Waals surface area contributed by atoms with E-state index in [-0.39, 0.29) is 38.4 Å². The van der Waals surface area contributed by atoms with Gasteiger partial charge in [-0.25, -0.2) is 4.79 Å². The highest BCUT2D eigenvalue weighted by atomic mass is 16.5. The summed E-state index contributed by atoms with van der Waals surface area (Å²) >= 11 is 0. The van der Waals surface area contributed by atoms with Crippen molar-refractivity contribution >= 4 is 23.7 Å². The van der Waals surface area contributed by atoms with E-state index in [2.05, 4.69) is 4.90 Å². The lowest BCUT2D eigenvalue weighted by molar-refractivity contribution is -0.178. The Labute approximate surface area is 189 Å². The SMILES string of the molecule is CCOC(=O)CC(C(=O)OCC)C1(C(=O)OCC)CC(=O)C2=C3N(CCCC2)CCCN31. The number of hydrogen-bond acceptors (Lipinski definition) is 9. The second-order valence-corrected chi connectivity index (χ2v) is 8.31. The van der Waals surface area contributed by atoms with E-state index in [0.29, 0.717) is 18.5 Å². The van der Waals surface area contributed by atoms with Gasteiger partial charge in [0.05, 0.1) is 26.2 Å². The molecule has 178 valence electrons. The Morgan fingerprint density at radius 1 is 0.938 bits per heavy atom. The number of Topliss-reactive ketones (excluding diaryl/α,β-unsaturated/α-hetero) is 1. The topological polar surface area (TPSA) is 102 Å². The van der Waals surface area contributed by atoms with Crippen LogP contribution >= 0.6 is 0 Å². The van der Waals surface area contributed by atoms with Crippen LogP contribution in [0.15, 0.2) is 11.4 Å². The van der Waals surface area contributed by atoms with Crippen molar-refractivity contribution in [3.05, 3.63) is 11.4 Å². The zero-order valence-corrected chi connectivity index (χ0v) is 19.3. The molecule has 2 atom stereocenters. The third-order valence-corrected chi connectivity index (χ3v) is 6.44. The first-order valence-electron chi connectivity index (χ1n) is 11.7. The molecule has 0 aliphatic carbocycles. The van der Waals surface area contributed by atoms with E-state index >= 15 is 0 Å². The Bertz CT molecular complexity index is 793. The molecule has 9 nitrogen and oxygen atoms in total. The zero-order valence-electron chi connectivity index (χ0n) is 19.3. The Morgan fingerprint density at radius 2 is 1.62 bits per heavy atom. The van der Waals surface area contributed by atoms with Gasteiger partial charge in [0.25, 0.3) is 0 Å². The maximum absolute atomic E-state index is 13.6. The van der Waals surface area contributed by atoms with Gasteiger partial charge in [0.2, 0.25) is 0 Å². The van der Waals surface area contributed by atoms with Crippen LogP contribution < -0.4 is 0 Å². The molecule has 0 bridgehead atoms. The van der Waals surface area contributed by atoms with Gasteiger partial charge in [-0.05, 0) is 46.5 Å². The average Bonchev–Trinajstić information content (AvgIpc) is 2.99. The van der Waals surface area contributed by atoms with Crippen LogP contribution in [0.4, 0.5) is 0 Å². The Hall–Kier alpha value is -2.58. The number of hydrogen-bond donors (Lipinski definition) is 0. The predicted molar refractivity (Wildman–Crippen MR) is 114 cm³/mol. The summed E-state index contributed by atoms with van der Waals surface area (Å²) in [6.07, 6.45) is 2.67. The number of ketones is 1. The molecular formula is C23H34N2O7. The van der Waals surface area contributed by atoms with Crippen LogP contribution in [0.25, 0.3) is 0 Å². The van der Waals surface area contributed by atoms with Crippen LogP contribution in [0, 0.1) is 5.92 Å². The molecule has 0 radical (unpaired) electrons. The number of carbonyl (C=O) groups excluding carboxylic acids is 4. The van der Waals surface area contributed by atoms with Gasteiger partial charge in [0, 0.05) is 31.6 Å². The molecule has 0 aromatic rings. The zero-order chi connectivity index (χ0) is 23.3. The highest BCUT2D eigenvalue weighted by molar-refractivity contribution is 6.04. The minimum atomic E-state index is -1.64. The summed E-state index contributed by atoms with van der Waals surface area (Å²) in [5, 5.41) is 0. The normalized spacial score (nSPS) is 23.8. The molecule has 3 aliphatic rings. The van der Waals surface area contributed by atoms with E-state index in [1.165, 1.54) is 0 Å². The number of carbonyl (C=O) groups is 4.